The number of anilines is 1. The van der Waals surface area contributed by atoms with E-state index in [2.05, 4.69) is 21.5 Å². The minimum Gasteiger partial charge on any atom is -0.361 e. The number of aryl methyl sites for hydroxylation is 4. The van der Waals surface area contributed by atoms with Crippen molar-refractivity contribution in [2.75, 3.05) is 5.32 Å². The van der Waals surface area contributed by atoms with Gasteiger partial charge in [-0.05, 0) is 56.4 Å². The molecule has 2 heterocycles. The summed E-state index contributed by atoms with van der Waals surface area (Å²) < 4.78 is 7.09. The van der Waals surface area contributed by atoms with Crippen LogP contribution in [0.4, 0.5) is 5.82 Å². The zero-order valence-corrected chi connectivity index (χ0v) is 14.4. The molecule has 0 fully saturated rings. The second kappa shape index (κ2) is 6.20. The Labute approximate surface area is 145 Å². The molecular formula is C19H20N4O2. The fourth-order valence-electron chi connectivity index (χ4n) is 3.32. The van der Waals surface area contributed by atoms with E-state index in [1.54, 1.807) is 6.33 Å². The topological polar surface area (TPSA) is 73.0 Å². The Kier molecular flexibility index (Phi) is 3.87. The van der Waals surface area contributed by atoms with Crippen LogP contribution in [0.3, 0.4) is 0 Å². The number of imidazole rings is 1. The molecule has 0 radical (unpaired) electrons. The summed E-state index contributed by atoms with van der Waals surface area (Å²) in [6, 6.07) is 5.95. The number of carbonyl (C=O) groups excluding carboxylic acids is 1. The van der Waals surface area contributed by atoms with Crippen molar-refractivity contribution in [3.8, 4) is 0 Å². The second-order valence-electron chi connectivity index (χ2n) is 6.53. The molecule has 4 rings (SSSR count). The Morgan fingerprint density at radius 1 is 1.28 bits per heavy atom. The molecule has 1 N–H and O–H groups in total. The highest BCUT2D eigenvalue weighted by atomic mass is 16.5. The Hall–Kier alpha value is -2.89. The number of hydrogen-bond donors (Lipinski definition) is 1. The molecule has 3 aromatic rings. The Morgan fingerprint density at radius 3 is 2.92 bits per heavy atom. The van der Waals surface area contributed by atoms with Gasteiger partial charge in [0.05, 0.1) is 18.6 Å². The number of aromatic nitrogens is 3. The van der Waals surface area contributed by atoms with Crippen LogP contribution in [0.5, 0.6) is 0 Å². The van der Waals surface area contributed by atoms with Crippen LogP contribution >= 0.6 is 0 Å². The van der Waals surface area contributed by atoms with Gasteiger partial charge < -0.3 is 14.4 Å². The van der Waals surface area contributed by atoms with E-state index in [1.807, 2.05) is 36.7 Å². The molecule has 1 aliphatic rings. The fraction of sp³-hybridized carbons (Fsp3) is 0.316. The maximum atomic E-state index is 12.5. The van der Waals surface area contributed by atoms with Gasteiger partial charge in [-0.3, -0.25) is 4.79 Å². The smallest absolute Gasteiger partial charge is 0.256 e. The minimum absolute atomic E-state index is 0.128. The van der Waals surface area contributed by atoms with Crippen molar-refractivity contribution in [3.63, 3.8) is 0 Å². The van der Waals surface area contributed by atoms with Crippen LogP contribution in [0.25, 0.3) is 0 Å². The van der Waals surface area contributed by atoms with Crippen molar-refractivity contribution in [2.24, 2.45) is 0 Å². The van der Waals surface area contributed by atoms with Gasteiger partial charge in [-0.1, -0.05) is 11.2 Å². The second-order valence-corrected chi connectivity index (χ2v) is 6.53. The predicted octanol–water partition coefficient (Wildman–Crippen LogP) is 3.28. The molecule has 2 aromatic heterocycles. The third kappa shape index (κ3) is 3.07. The standard InChI is InChI=1S/C19H20N4O2/c1-12-17(13(2)25-22-12)9-23-10-18(20-11-23)21-19(24)16-7-6-14-4-3-5-15(14)8-16/h6-8,10-11H,3-5,9H2,1-2H3,(H,21,24). The van der Waals surface area contributed by atoms with Gasteiger partial charge in [0.1, 0.15) is 5.76 Å². The third-order valence-electron chi connectivity index (χ3n) is 4.76. The van der Waals surface area contributed by atoms with Crippen LogP contribution in [-0.4, -0.2) is 20.6 Å². The van der Waals surface area contributed by atoms with Crippen LogP contribution < -0.4 is 5.32 Å². The molecule has 0 atom stereocenters. The fourth-order valence-corrected chi connectivity index (χ4v) is 3.32. The highest BCUT2D eigenvalue weighted by molar-refractivity contribution is 6.03. The number of nitrogens with zero attached hydrogens (tertiary/aromatic N) is 3. The molecule has 0 saturated carbocycles. The van der Waals surface area contributed by atoms with Gasteiger partial charge in [-0.2, -0.15) is 0 Å². The summed E-state index contributed by atoms with van der Waals surface area (Å²) in [6.45, 7) is 4.42. The zero-order chi connectivity index (χ0) is 17.4. The zero-order valence-electron chi connectivity index (χ0n) is 14.4. The van der Waals surface area contributed by atoms with Gasteiger partial charge in [0.15, 0.2) is 5.82 Å². The Morgan fingerprint density at radius 2 is 2.12 bits per heavy atom. The first kappa shape index (κ1) is 15.6. The van der Waals surface area contributed by atoms with E-state index in [0.717, 1.165) is 29.9 Å². The molecule has 6 nitrogen and oxygen atoms in total. The van der Waals surface area contributed by atoms with Crippen molar-refractivity contribution in [1.29, 1.82) is 0 Å². The highest BCUT2D eigenvalue weighted by Gasteiger charge is 2.15. The first-order chi connectivity index (χ1) is 12.1. The maximum Gasteiger partial charge on any atom is 0.256 e. The number of benzene rings is 1. The average molecular weight is 336 g/mol. The minimum atomic E-state index is -0.128. The van der Waals surface area contributed by atoms with Gasteiger partial charge in [0.25, 0.3) is 5.91 Å². The first-order valence-electron chi connectivity index (χ1n) is 8.47. The van der Waals surface area contributed by atoms with Crippen LogP contribution in [-0.2, 0) is 19.4 Å². The number of nitrogens with one attached hydrogen (secondary N) is 1. The molecule has 1 amide bonds. The summed E-state index contributed by atoms with van der Waals surface area (Å²) >= 11 is 0. The van der Waals surface area contributed by atoms with Crippen LogP contribution in [0.1, 0.15) is 44.9 Å². The average Bonchev–Trinajstić information content (AvgIpc) is 3.31. The van der Waals surface area contributed by atoms with Crippen molar-refractivity contribution < 1.29 is 9.32 Å². The summed E-state index contributed by atoms with van der Waals surface area (Å²) in [4.78, 5) is 16.7. The summed E-state index contributed by atoms with van der Waals surface area (Å²) in [7, 11) is 0. The van der Waals surface area contributed by atoms with Crippen molar-refractivity contribution >= 4 is 11.7 Å². The van der Waals surface area contributed by atoms with E-state index in [4.69, 9.17) is 4.52 Å². The molecule has 0 bridgehead atoms. The number of fused-ring (bicyclic) bond motifs is 1. The van der Waals surface area contributed by atoms with E-state index in [-0.39, 0.29) is 5.91 Å². The quantitative estimate of drug-likeness (QED) is 0.793. The van der Waals surface area contributed by atoms with E-state index < -0.39 is 0 Å². The third-order valence-corrected chi connectivity index (χ3v) is 4.76. The number of carbonyl (C=O) groups is 1. The predicted molar refractivity (Wildman–Crippen MR) is 93.7 cm³/mol. The molecular weight excluding hydrogens is 316 g/mol. The maximum absolute atomic E-state index is 12.5. The first-order valence-corrected chi connectivity index (χ1v) is 8.47. The number of hydrogen-bond acceptors (Lipinski definition) is 4. The van der Waals surface area contributed by atoms with Gasteiger partial charge >= 0.3 is 0 Å². The molecule has 0 spiro atoms. The molecule has 0 aliphatic heterocycles. The highest BCUT2D eigenvalue weighted by Crippen LogP contribution is 2.23. The lowest BCUT2D eigenvalue weighted by Gasteiger charge is -2.05. The normalized spacial score (nSPS) is 13.0. The largest absolute Gasteiger partial charge is 0.361 e. The molecule has 25 heavy (non-hydrogen) atoms. The summed E-state index contributed by atoms with van der Waals surface area (Å²) in [5, 5.41) is 6.83. The van der Waals surface area contributed by atoms with Crippen molar-refractivity contribution in [1.82, 2.24) is 14.7 Å². The Balaban J connectivity index is 1.46. The lowest BCUT2D eigenvalue weighted by Crippen LogP contribution is -2.12. The Bertz CT molecular complexity index is 919. The van der Waals surface area contributed by atoms with Gasteiger partial charge in [-0.15, -0.1) is 0 Å². The van der Waals surface area contributed by atoms with E-state index in [1.165, 1.54) is 17.5 Å². The van der Waals surface area contributed by atoms with Crippen LogP contribution in [0.15, 0.2) is 35.2 Å². The number of amides is 1. The van der Waals surface area contributed by atoms with Crippen LogP contribution in [0.2, 0.25) is 0 Å². The van der Waals surface area contributed by atoms with Crippen LogP contribution in [0, 0.1) is 13.8 Å². The van der Waals surface area contributed by atoms with Crippen molar-refractivity contribution in [3.05, 3.63) is 64.4 Å². The molecule has 128 valence electrons. The van der Waals surface area contributed by atoms with E-state index in [0.29, 0.717) is 17.9 Å². The summed E-state index contributed by atoms with van der Waals surface area (Å²) in [6.07, 6.45) is 6.86. The molecule has 0 saturated heterocycles. The monoisotopic (exact) mass is 336 g/mol. The SMILES string of the molecule is Cc1noc(C)c1Cn1cnc(NC(=O)c2ccc3c(c2)CCC3)c1. The van der Waals surface area contributed by atoms with Gasteiger partial charge in [-0.25, -0.2) is 4.98 Å². The lowest BCUT2D eigenvalue weighted by molar-refractivity contribution is 0.102. The molecule has 0 unspecified atom stereocenters. The summed E-state index contributed by atoms with van der Waals surface area (Å²) in [5.41, 5.74) is 5.24. The number of rotatable bonds is 4. The van der Waals surface area contributed by atoms with E-state index >= 15 is 0 Å². The lowest BCUT2D eigenvalue weighted by atomic mass is 10.1. The molecule has 1 aliphatic carbocycles. The van der Waals surface area contributed by atoms with E-state index in [9.17, 15) is 4.79 Å². The van der Waals surface area contributed by atoms with Crippen molar-refractivity contribution in [2.45, 2.75) is 39.7 Å². The van der Waals surface area contributed by atoms with Gasteiger partial charge in [0, 0.05) is 17.3 Å². The summed E-state index contributed by atoms with van der Waals surface area (Å²) in [5.74, 6) is 1.21. The molecule has 1 aromatic carbocycles. The molecule has 6 heteroatoms. The van der Waals surface area contributed by atoms with Gasteiger partial charge in [0.2, 0.25) is 0 Å².